The number of carbonyl (C=O) groups is 2. The molecule has 1 saturated heterocycles. The first kappa shape index (κ1) is 18.0. The molecule has 7 heteroatoms. The van der Waals surface area contributed by atoms with E-state index in [-0.39, 0.29) is 17.9 Å². The van der Waals surface area contributed by atoms with E-state index in [0.717, 1.165) is 5.56 Å². The zero-order valence-electron chi connectivity index (χ0n) is 14.6. The summed E-state index contributed by atoms with van der Waals surface area (Å²) >= 11 is 6.01. The average Bonchev–Trinajstić information content (AvgIpc) is 3.31. The molecule has 1 unspecified atom stereocenters. The van der Waals surface area contributed by atoms with Crippen LogP contribution in [0.2, 0.25) is 5.02 Å². The third-order valence-corrected chi connectivity index (χ3v) is 4.79. The van der Waals surface area contributed by atoms with Gasteiger partial charge in [0.25, 0.3) is 11.7 Å². The number of halogens is 1. The summed E-state index contributed by atoms with van der Waals surface area (Å²) in [5.74, 6) is -1.38. The minimum Gasteiger partial charge on any atom is -0.507 e. The number of hydrogen-bond donors (Lipinski definition) is 1. The molecule has 1 atom stereocenters. The van der Waals surface area contributed by atoms with E-state index in [1.807, 2.05) is 0 Å². The molecule has 2 aromatic heterocycles. The van der Waals surface area contributed by atoms with Crippen molar-refractivity contribution in [2.24, 2.45) is 0 Å². The van der Waals surface area contributed by atoms with Gasteiger partial charge in [0.05, 0.1) is 11.8 Å². The first-order valence-electron chi connectivity index (χ1n) is 8.53. The van der Waals surface area contributed by atoms with E-state index in [1.54, 1.807) is 54.9 Å². The van der Waals surface area contributed by atoms with Gasteiger partial charge in [-0.2, -0.15) is 0 Å². The van der Waals surface area contributed by atoms with Crippen LogP contribution in [0.1, 0.15) is 22.9 Å². The lowest BCUT2D eigenvalue weighted by molar-refractivity contribution is -0.140. The van der Waals surface area contributed by atoms with Crippen LogP contribution in [0.5, 0.6) is 0 Å². The second-order valence-corrected chi connectivity index (χ2v) is 6.74. The van der Waals surface area contributed by atoms with Gasteiger partial charge in [0.2, 0.25) is 0 Å². The van der Waals surface area contributed by atoms with Gasteiger partial charge < -0.3 is 14.4 Å². The molecular formula is C21H15ClN2O4. The number of ketones is 1. The predicted molar refractivity (Wildman–Crippen MR) is 102 cm³/mol. The van der Waals surface area contributed by atoms with E-state index >= 15 is 0 Å². The molecule has 1 N–H and O–H groups in total. The fourth-order valence-electron chi connectivity index (χ4n) is 3.26. The molecule has 28 heavy (non-hydrogen) atoms. The van der Waals surface area contributed by atoms with Crippen LogP contribution in [0.15, 0.2) is 77.2 Å². The summed E-state index contributed by atoms with van der Waals surface area (Å²) in [6.45, 7) is 0.171. The topological polar surface area (TPSA) is 83.6 Å². The molecule has 1 fully saturated rings. The molecule has 1 aliphatic rings. The molecule has 1 aliphatic heterocycles. The fourth-order valence-corrected chi connectivity index (χ4v) is 3.45. The lowest BCUT2D eigenvalue weighted by Gasteiger charge is -2.23. The second kappa shape index (κ2) is 7.32. The number of amides is 1. The highest BCUT2D eigenvalue weighted by Gasteiger charge is 2.47. The number of hydrogen-bond acceptors (Lipinski definition) is 5. The summed E-state index contributed by atoms with van der Waals surface area (Å²) in [7, 11) is 0. The van der Waals surface area contributed by atoms with Crippen molar-refractivity contribution in [3.63, 3.8) is 0 Å². The Morgan fingerprint density at radius 3 is 2.61 bits per heavy atom. The highest BCUT2D eigenvalue weighted by atomic mass is 35.5. The van der Waals surface area contributed by atoms with Crippen LogP contribution >= 0.6 is 11.6 Å². The van der Waals surface area contributed by atoms with Crippen LogP contribution in [0.4, 0.5) is 0 Å². The number of benzene rings is 1. The number of likely N-dealkylation sites (tertiary alicyclic amines) is 1. The standard InChI is InChI=1S/C21H15ClN2O4/c22-15-4-1-3-14(11-15)19(25)17-18(16-5-2-10-28-16)24(21(27)20(17)26)12-13-6-8-23-9-7-13/h1-11,18,25H,12H2/b19-17-. The maximum Gasteiger partial charge on any atom is 0.296 e. The van der Waals surface area contributed by atoms with Crippen LogP contribution in [0.3, 0.4) is 0 Å². The number of carbonyl (C=O) groups excluding carboxylic acids is 2. The molecule has 0 bridgehead atoms. The number of aliphatic hydroxyl groups excluding tert-OH is 1. The maximum absolute atomic E-state index is 12.8. The largest absolute Gasteiger partial charge is 0.507 e. The molecule has 3 heterocycles. The van der Waals surface area contributed by atoms with Gasteiger partial charge in [-0.05, 0) is 42.0 Å². The van der Waals surface area contributed by atoms with Crippen molar-refractivity contribution < 1.29 is 19.1 Å². The summed E-state index contributed by atoms with van der Waals surface area (Å²) in [5, 5.41) is 11.3. The van der Waals surface area contributed by atoms with Crippen molar-refractivity contribution in [1.29, 1.82) is 0 Å². The van der Waals surface area contributed by atoms with E-state index in [9.17, 15) is 14.7 Å². The van der Waals surface area contributed by atoms with Gasteiger partial charge >= 0.3 is 0 Å². The fraction of sp³-hybridized carbons (Fsp3) is 0.0952. The van der Waals surface area contributed by atoms with Crippen LogP contribution in [-0.4, -0.2) is 26.7 Å². The predicted octanol–water partition coefficient (Wildman–Crippen LogP) is 3.95. The minimum atomic E-state index is -0.845. The van der Waals surface area contributed by atoms with Gasteiger partial charge in [0.15, 0.2) is 0 Å². The number of rotatable bonds is 4. The van der Waals surface area contributed by atoms with Gasteiger partial charge in [-0.3, -0.25) is 14.6 Å². The van der Waals surface area contributed by atoms with Gasteiger partial charge in [0.1, 0.15) is 17.6 Å². The Morgan fingerprint density at radius 1 is 1.14 bits per heavy atom. The number of pyridine rings is 1. The van der Waals surface area contributed by atoms with E-state index < -0.39 is 17.7 Å². The number of aromatic nitrogens is 1. The van der Waals surface area contributed by atoms with E-state index in [0.29, 0.717) is 16.3 Å². The summed E-state index contributed by atoms with van der Waals surface area (Å²) in [6.07, 6.45) is 4.68. The lowest BCUT2D eigenvalue weighted by Crippen LogP contribution is -2.29. The van der Waals surface area contributed by atoms with Gasteiger partial charge in [-0.15, -0.1) is 0 Å². The van der Waals surface area contributed by atoms with E-state index in [1.165, 1.54) is 17.2 Å². The van der Waals surface area contributed by atoms with Gasteiger partial charge in [-0.1, -0.05) is 23.7 Å². The summed E-state index contributed by atoms with van der Waals surface area (Å²) in [4.78, 5) is 30.9. The molecule has 1 amide bonds. The van der Waals surface area contributed by atoms with Crippen LogP contribution in [-0.2, 0) is 16.1 Å². The monoisotopic (exact) mass is 394 g/mol. The second-order valence-electron chi connectivity index (χ2n) is 6.31. The smallest absolute Gasteiger partial charge is 0.296 e. The van der Waals surface area contributed by atoms with E-state index in [4.69, 9.17) is 16.0 Å². The van der Waals surface area contributed by atoms with Crippen molar-refractivity contribution >= 4 is 29.1 Å². The molecule has 6 nitrogen and oxygen atoms in total. The Labute approximate surface area is 165 Å². The number of aliphatic hydroxyl groups is 1. The van der Waals surface area contributed by atoms with Gasteiger partial charge in [0, 0.05) is 29.5 Å². The summed E-state index contributed by atoms with van der Waals surface area (Å²) in [6, 6.07) is 12.5. The SMILES string of the molecule is O=C1C(=O)N(Cc2ccncc2)C(c2ccco2)/C1=C(/O)c1cccc(Cl)c1. The zero-order chi connectivity index (χ0) is 19.7. The quantitative estimate of drug-likeness (QED) is 0.411. The van der Waals surface area contributed by atoms with Gasteiger partial charge in [-0.25, -0.2) is 0 Å². The molecule has 0 aliphatic carbocycles. The summed E-state index contributed by atoms with van der Waals surface area (Å²) < 4.78 is 5.49. The lowest BCUT2D eigenvalue weighted by atomic mass is 9.99. The van der Waals surface area contributed by atoms with Crippen molar-refractivity contribution in [2.45, 2.75) is 12.6 Å². The Balaban J connectivity index is 1.84. The number of nitrogens with zero attached hydrogens (tertiary/aromatic N) is 2. The highest BCUT2D eigenvalue weighted by Crippen LogP contribution is 2.40. The summed E-state index contributed by atoms with van der Waals surface area (Å²) in [5.41, 5.74) is 1.12. The average molecular weight is 395 g/mol. The third-order valence-electron chi connectivity index (χ3n) is 4.55. The zero-order valence-corrected chi connectivity index (χ0v) is 15.3. The number of Topliss-reactive ketones (excluding diaryl/α,β-unsaturated/α-hetero) is 1. The van der Waals surface area contributed by atoms with E-state index in [2.05, 4.69) is 4.98 Å². The van der Waals surface area contributed by atoms with Crippen molar-refractivity contribution in [1.82, 2.24) is 9.88 Å². The van der Waals surface area contributed by atoms with Crippen LogP contribution < -0.4 is 0 Å². The first-order valence-corrected chi connectivity index (χ1v) is 8.90. The number of furan rings is 1. The van der Waals surface area contributed by atoms with Crippen molar-refractivity contribution in [2.75, 3.05) is 0 Å². The molecule has 3 aromatic rings. The Morgan fingerprint density at radius 2 is 1.93 bits per heavy atom. The van der Waals surface area contributed by atoms with Crippen LogP contribution in [0, 0.1) is 0 Å². The van der Waals surface area contributed by atoms with Crippen molar-refractivity contribution in [3.05, 3.63) is 94.7 Å². The Hall–Kier alpha value is -3.38. The molecule has 4 rings (SSSR count). The molecule has 0 radical (unpaired) electrons. The maximum atomic E-state index is 12.8. The normalized spacial score (nSPS) is 18.6. The van der Waals surface area contributed by atoms with Crippen LogP contribution in [0.25, 0.3) is 5.76 Å². The first-order chi connectivity index (χ1) is 13.6. The minimum absolute atomic E-state index is 0.0312. The Kier molecular flexibility index (Phi) is 4.71. The molecule has 140 valence electrons. The molecular weight excluding hydrogens is 380 g/mol. The highest BCUT2D eigenvalue weighted by molar-refractivity contribution is 6.46. The molecule has 0 saturated carbocycles. The molecule has 1 aromatic carbocycles. The molecule has 0 spiro atoms. The Bertz CT molecular complexity index is 1060. The van der Waals surface area contributed by atoms with Crippen molar-refractivity contribution in [3.8, 4) is 0 Å². The third kappa shape index (κ3) is 3.18.